The van der Waals surface area contributed by atoms with E-state index in [-0.39, 0.29) is 0 Å². The van der Waals surface area contributed by atoms with E-state index in [9.17, 15) is 8.42 Å². The molecule has 4 heteroatoms. The summed E-state index contributed by atoms with van der Waals surface area (Å²) in [6, 6.07) is 8.89. The van der Waals surface area contributed by atoms with Crippen LogP contribution in [0.15, 0.2) is 24.3 Å². The Hall–Kier alpha value is -0.870. The number of benzene rings is 1. The SMILES string of the molecule is CCCNC(CCCS(C)(=O)=O)CCc1ccccc1C. The highest BCUT2D eigenvalue weighted by Gasteiger charge is 2.10. The maximum Gasteiger partial charge on any atom is 0.147 e. The zero-order chi connectivity index (χ0) is 15.7. The molecule has 0 saturated heterocycles. The summed E-state index contributed by atoms with van der Waals surface area (Å²) in [6.07, 6.45) is 6.20. The highest BCUT2D eigenvalue weighted by Crippen LogP contribution is 2.13. The van der Waals surface area contributed by atoms with Crippen molar-refractivity contribution in [2.75, 3.05) is 18.6 Å². The summed E-state index contributed by atoms with van der Waals surface area (Å²) < 4.78 is 22.5. The van der Waals surface area contributed by atoms with Gasteiger partial charge >= 0.3 is 0 Å². The Morgan fingerprint density at radius 3 is 2.52 bits per heavy atom. The number of hydrogen-bond acceptors (Lipinski definition) is 3. The molecule has 0 bridgehead atoms. The Labute approximate surface area is 130 Å². The first-order chi connectivity index (χ1) is 9.92. The molecule has 1 aromatic carbocycles. The van der Waals surface area contributed by atoms with E-state index in [4.69, 9.17) is 0 Å². The van der Waals surface area contributed by atoms with Gasteiger partial charge in [-0.25, -0.2) is 8.42 Å². The van der Waals surface area contributed by atoms with Gasteiger partial charge in [-0.2, -0.15) is 0 Å². The van der Waals surface area contributed by atoms with Crippen LogP contribution in [0.25, 0.3) is 0 Å². The van der Waals surface area contributed by atoms with E-state index in [0.29, 0.717) is 11.8 Å². The first-order valence-electron chi connectivity index (χ1n) is 7.88. The van der Waals surface area contributed by atoms with Crippen molar-refractivity contribution in [3.63, 3.8) is 0 Å². The van der Waals surface area contributed by atoms with Gasteiger partial charge in [0.2, 0.25) is 0 Å². The molecular formula is C17H29NO2S. The lowest BCUT2D eigenvalue weighted by Crippen LogP contribution is -2.30. The van der Waals surface area contributed by atoms with Gasteiger partial charge in [0.15, 0.2) is 0 Å². The predicted octanol–water partition coefficient (Wildman–Crippen LogP) is 3.12. The van der Waals surface area contributed by atoms with Crippen LogP contribution in [0, 0.1) is 6.92 Å². The van der Waals surface area contributed by atoms with Crippen molar-refractivity contribution in [2.45, 2.75) is 52.0 Å². The van der Waals surface area contributed by atoms with Crippen molar-refractivity contribution in [3.8, 4) is 0 Å². The van der Waals surface area contributed by atoms with Crippen molar-refractivity contribution in [3.05, 3.63) is 35.4 Å². The molecule has 0 heterocycles. The summed E-state index contributed by atoms with van der Waals surface area (Å²) in [4.78, 5) is 0. The fourth-order valence-electron chi connectivity index (χ4n) is 2.51. The van der Waals surface area contributed by atoms with Gasteiger partial charge < -0.3 is 5.32 Å². The second-order valence-corrected chi connectivity index (χ2v) is 8.15. The minimum atomic E-state index is -2.84. The standard InChI is InChI=1S/C17H29NO2S/c1-4-13-18-17(10-7-14-21(3,19)20)12-11-16-9-6-5-8-15(16)2/h5-6,8-9,17-18H,4,7,10-14H2,1-3H3. The third-order valence-electron chi connectivity index (χ3n) is 3.77. The molecule has 1 aromatic rings. The molecule has 0 aliphatic rings. The molecule has 0 aromatic heterocycles. The smallest absolute Gasteiger partial charge is 0.147 e. The Kier molecular flexibility index (Phi) is 7.97. The first-order valence-corrected chi connectivity index (χ1v) is 9.94. The largest absolute Gasteiger partial charge is 0.314 e. The van der Waals surface area contributed by atoms with Crippen molar-refractivity contribution in [2.24, 2.45) is 0 Å². The Morgan fingerprint density at radius 2 is 1.90 bits per heavy atom. The molecule has 21 heavy (non-hydrogen) atoms. The second kappa shape index (κ2) is 9.21. The average molecular weight is 311 g/mol. The van der Waals surface area contributed by atoms with E-state index < -0.39 is 9.84 Å². The van der Waals surface area contributed by atoms with Gasteiger partial charge in [0, 0.05) is 18.1 Å². The van der Waals surface area contributed by atoms with Crippen LogP contribution in [0.2, 0.25) is 0 Å². The molecule has 0 fully saturated rings. The zero-order valence-corrected chi connectivity index (χ0v) is 14.4. The summed E-state index contributed by atoms with van der Waals surface area (Å²) in [5.41, 5.74) is 2.73. The van der Waals surface area contributed by atoms with Crippen molar-refractivity contribution >= 4 is 9.84 Å². The van der Waals surface area contributed by atoms with E-state index >= 15 is 0 Å². The van der Waals surface area contributed by atoms with E-state index in [2.05, 4.69) is 43.4 Å². The van der Waals surface area contributed by atoms with Crippen LogP contribution in [-0.4, -0.2) is 33.0 Å². The van der Waals surface area contributed by atoms with Gasteiger partial charge in [-0.15, -0.1) is 0 Å². The van der Waals surface area contributed by atoms with Gasteiger partial charge in [0.05, 0.1) is 0 Å². The van der Waals surface area contributed by atoms with Crippen LogP contribution in [-0.2, 0) is 16.3 Å². The van der Waals surface area contributed by atoms with Gasteiger partial charge in [-0.3, -0.25) is 0 Å². The lowest BCUT2D eigenvalue weighted by molar-refractivity contribution is 0.448. The third-order valence-corrected chi connectivity index (χ3v) is 4.80. The molecule has 1 N–H and O–H groups in total. The molecule has 0 radical (unpaired) electrons. The average Bonchev–Trinajstić information content (AvgIpc) is 2.41. The predicted molar refractivity (Wildman–Crippen MR) is 90.5 cm³/mol. The quantitative estimate of drug-likeness (QED) is 0.722. The molecule has 120 valence electrons. The van der Waals surface area contributed by atoms with Crippen LogP contribution in [0.5, 0.6) is 0 Å². The minimum absolute atomic E-state index is 0.293. The number of hydrogen-bond donors (Lipinski definition) is 1. The number of nitrogens with one attached hydrogen (secondary N) is 1. The fraction of sp³-hybridized carbons (Fsp3) is 0.647. The van der Waals surface area contributed by atoms with Gasteiger partial charge in [-0.05, 0) is 56.7 Å². The highest BCUT2D eigenvalue weighted by molar-refractivity contribution is 7.90. The van der Waals surface area contributed by atoms with Crippen molar-refractivity contribution in [1.82, 2.24) is 5.32 Å². The minimum Gasteiger partial charge on any atom is -0.314 e. The Balaban J connectivity index is 2.47. The molecule has 1 rings (SSSR count). The maximum atomic E-state index is 11.2. The van der Waals surface area contributed by atoms with Crippen molar-refractivity contribution < 1.29 is 8.42 Å². The summed E-state index contributed by atoms with van der Waals surface area (Å²) in [6.45, 7) is 5.30. The van der Waals surface area contributed by atoms with Gasteiger partial charge in [0.25, 0.3) is 0 Å². The van der Waals surface area contributed by atoms with Crippen LogP contribution < -0.4 is 5.32 Å². The number of rotatable bonds is 10. The van der Waals surface area contributed by atoms with E-state index in [1.165, 1.54) is 17.4 Å². The molecule has 0 spiro atoms. The lowest BCUT2D eigenvalue weighted by Gasteiger charge is -2.19. The molecule has 3 nitrogen and oxygen atoms in total. The van der Waals surface area contributed by atoms with E-state index in [0.717, 1.165) is 38.6 Å². The highest BCUT2D eigenvalue weighted by atomic mass is 32.2. The molecule has 1 atom stereocenters. The van der Waals surface area contributed by atoms with Gasteiger partial charge in [-0.1, -0.05) is 31.2 Å². The molecular weight excluding hydrogens is 282 g/mol. The lowest BCUT2D eigenvalue weighted by atomic mass is 9.99. The van der Waals surface area contributed by atoms with Crippen LogP contribution >= 0.6 is 0 Å². The normalized spacial score (nSPS) is 13.3. The Bertz CT molecular complexity index is 511. The van der Waals surface area contributed by atoms with Crippen LogP contribution in [0.3, 0.4) is 0 Å². The van der Waals surface area contributed by atoms with E-state index in [1.807, 2.05) is 0 Å². The second-order valence-electron chi connectivity index (χ2n) is 5.89. The summed E-state index contributed by atoms with van der Waals surface area (Å²) in [5.74, 6) is 0.293. The molecule has 0 amide bonds. The number of aryl methyl sites for hydroxylation is 2. The van der Waals surface area contributed by atoms with Crippen LogP contribution in [0.4, 0.5) is 0 Å². The molecule has 0 aliphatic heterocycles. The zero-order valence-electron chi connectivity index (χ0n) is 13.6. The Morgan fingerprint density at radius 1 is 1.19 bits per heavy atom. The summed E-state index contributed by atoms with van der Waals surface area (Å²) in [7, 11) is -2.84. The van der Waals surface area contributed by atoms with Crippen LogP contribution in [0.1, 0.15) is 43.7 Å². The molecule has 0 aliphatic carbocycles. The summed E-state index contributed by atoms with van der Waals surface area (Å²) >= 11 is 0. The topological polar surface area (TPSA) is 46.2 Å². The summed E-state index contributed by atoms with van der Waals surface area (Å²) in [5, 5.41) is 3.55. The maximum absolute atomic E-state index is 11.2. The van der Waals surface area contributed by atoms with Gasteiger partial charge in [0.1, 0.15) is 9.84 Å². The molecule has 0 saturated carbocycles. The fourth-order valence-corrected chi connectivity index (χ4v) is 3.20. The first kappa shape index (κ1) is 18.2. The monoisotopic (exact) mass is 311 g/mol. The third kappa shape index (κ3) is 8.22. The van der Waals surface area contributed by atoms with Crippen molar-refractivity contribution in [1.29, 1.82) is 0 Å². The number of sulfone groups is 1. The molecule has 1 unspecified atom stereocenters. The van der Waals surface area contributed by atoms with E-state index in [1.54, 1.807) is 0 Å².